The molecule has 2 aromatic rings. The maximum Gasteiger partial charge on any atom is 0.326 e. The first-order chi connectivity index (χ1) is 8.66. The molecule has 0 aliphatic carbocycles. The molecule has 0 radical (unpaired) electrons. The van der Waals surface area contributed by atoms with Crippen LogP contribution in [0, 0.1) is 0 Å². The fourth-order valence-electron chi connectivity index (χ4n) is 1.29. The van der Waals surface area contributed by atoms with Gasteiger partial charge in [0, 0.05) is 0 Å². The normalized spacial score (nSPS) is 9.83. The van der Waals surface area contributed by atoms with Crippen molar-refractivity contribution in [3.63, 3.8) is 0 Å². The van der Waals surface area contributed by atoms with Crippen LogP contribution in [-0.2, 0) is 0 Å². The third-order valence-electron chi connectivity index (χ3n) is 2.09. The first kappa shape index (κ1) is 12.2. The molecule has 0 fully saturated rings. The minimum absolute atomic E-state index is 0.0595. The summed E-state index contributed by atoms with van der Waals surface area (Å²) in [6, 6.07) is 9.04. The van der Waals surface area contributed by atoms with Crippen LogP contribution in [0.5, 0.6) is 0 Å². The topological polar surface area (TPSA) is 71.3 Å². The van der Waals surface area contributed by atoms with Gasteiger partial charge in [-0.1, -0.05) is 23.7 Å². The largest absolute Gasteiger partial charge is 0.459 e. The minimum atomic E-state index is -0.676. The molecule has 0 atom stereocenters. The highest BCUT2D eigenvalue weighted by Crippen LogP contribution is 2.20. The summed E-state index contributed by atoms with van der Waals surface area (Å²) in [7, 11) is 0. The summed E-state index contributed by atoms with van der Waals surface area (Å²) in [5.74, 6) is -0.561. The highest BCUT2D eigenvalue weighted by Gasteiger charge is 2.13. The number of para-hydroxylation sites is 1. The molecule has 0 saturated heterocycles. The first-order valence-corrected chi connectivity index (χ1v) is 5.45. The van der Waals surface area contributed by atoms with Gasteiger partial charge in [-0.15, -0.1) is 0 Å². The summed E-state index contributed by atoms with van der Waals surface area (Å²) in [6.07, 6.45) is 1.35. The molecule has 0 bridgehead atoms. The number of halogens is 1. The Hall–Kier alpha value is -2.27. The predicted octanol–water partition coefficient (Wildman–Crippen LogP) is 2.89. The molecule has 0 spiro atoms. The lowest BCUT2D eigenvalue weighted by Crippen LogP contribution is -2.34. The molecule has 0 aliphatic rings. The summed E-state index contributed by atoms with van der Waals surface area (Å²) in [5.41, 5.74) is 0.420. The average Bonchev–Trinajstić information content (AvgIpc) is 2.85. The van der Waals surface area contributed by atoms with Crippen molar-refractivity contribution in [3.05, 3.63) is 53.4 Å². The summed E-state index contributed by atoms with van der Waals surface area (Å²) in [5, 5.41) is 4.96. The number of carbonyl (C=O) groups excluding carboxylic acids is 2. The van der Waals surface area contributed by atoms with Gasteiger partial charge in [0.25, 0.3) is 5.91 Å². The van der Waals surface area contributed by atoms with Crippen molar-refractivity contribution in [2.24, 2.45) is 0 Å². The molecular weight excluding hydrogens is 256 g/mol. The van der Waals surface area contributed by atoms with E-state index in [0.29, 0.717) is 10.7 Å². The predicted molar refractivity (Wildman–Crippen MR) is 66.6 cm³/mol. The van der Waals surface area contributed by atoms with Gasteiger partial charge in [-0.2, -0.15) is 0 Å². The second-order valence-electron chi connectivity index (χ2n) is 3.37. The summed E-state index contributed by atoms with van der Waals surface area (Å²) >= 11 is 5.86. The Morgan fingerprint density at radius 3 is 2.56 bits per heavy atom. The average molecular weight is 265 g/mol. The smallest absolute Gasteiger partial charge is 0.326 e. The van der Waals surface area contributed by atoms with Crippen LogP contribution >= 0.6 is 11.6 Å². The van der Waals surface area contributed by atoms with Crippen LogP contribution in [0.1, 0.15) is 10.6 Å². The third-order valence-corrected chi connectivity index (χ3v) is 2.42. The SMILES string of the molecule is O=C(NC(=O)c1ccco1)Nc1ccccc1Cl. The van der Waals surface area contributed by atoms with Crippen molar-refractivity contribution in [2.45, 2.75) is 0 Å². The van der Waals surface area contributed by atoms with Crippen LogP contribution in [0.3, 0.4) is 0 Å². The van der Waals surface area contributed by atoms with E-state index in [1.54, 1.807) is 30.3 Å². The van der Waals surface area contributed by atoms with E-state index in [-0.39, 0.29) is 5.76 Å². The number of imide groups is 1. The standard InChI is InChI=1S/C12H9ClN2O3/c13-8-4-1-2-5-9(8)14-12(17)15-11(16)10-6-3-7-18-10/h1-7H,(H2,14,15,16,17). The molecule has 1 aromatic carbocycles. The van der Waals surface area contributed by atoms with Crippen molar-refractivity contribution >= 4 is 29.2 Å². The molecule has 0 unspecified atom stereocenters. The third kappa shape index (κ3) is 2.89. The number of nitrogens with one attached hydrogen (secondary N) is 2. The van der Waals surface area contributed by atoms with Crippen molar-refractivity contribution in [1.29, 1.82) is 0 Å². The molecule has 1 aromatic heterocycles. The van der Waals surface area contributed by atoms with Gasteiger partial charge in [-0.05, 0) is 24.3 Å². The zero-order valence-corrected chi connectivity index (χ0v) is 9.90. The van der Waals surface area contributed by atoms with Crippen LogP contribution in [0.4, 0.5) is 10.5 Å². The first-order valence-electron chi connectivity index (χ1n) is 5.07. The van der Waals surface area contributed by atoms with Gasteiger partial charge in [0.1, 0.15) is 0 Å². The number of amides is 3. The van der Waals surface area contributed by atoms with Gasteiger partial charge in [-0.25, -0.2) is 4.79 Å². The molecule has 0 saturated carbocycles. The van der Waals surface area contributed by atoms with E-state index in [9.17, 15) is 9.59 Å². The minimum Gasteiger partial charge on any atom is -0.459 e. The Kier molecular flexibility index (Phi) is 3.64. The molecule has 1 heterocycles. The van der Waals surface area contributed by atoms with E-state index in [1.807, 2.05) is 0 Å². The molecule has 18 heavy (non-hydrogen) atoms. The van der Waals surface area contributed by atoms with Gasteiger partial charge in [0.15, 0.2) is 5.76 Å². The molecule has 2 rings (SSSR count). The van der Waals surface area contributed by atoms with Crippen LogP contribution in [0.25, 0.3) is 0 Å². The number of carbonyl (C=O) groups is 2. The number of urea groups is 1. The fraction of sp³-hybridized carbons (Fsp3) is 0. The van der Waals surface area contributed by atoms with E-state index in [0.717, 1.165) is 0 Å². The summed E-state index contributed by atoms with van der Waals surface area (Å²) in [6.45, 7) is 0. The Balaban J connectivity index is 1.98. The molecular formula is C12H9ClN2O3. The van der Waals surface area contributed by atoms with Crippen molar-refractivity contribution in [2.75, 3.05) is 5.32 Å². The highest BCUT2D eigenvalue weighted by atomic mass is 35.5. The van der Waals surface area contributed by atoms with Gasteiger partial charge in [0.05, 0.1) is 17.0 Å². The van der Waals surface area contributed by atoms with Crippen molar-refractivity contribution < 1.29 is 14.0 Å². The van der Waals surface area contributed by atoms with Gasteiger partial charge < -0.3 is 9.73 Å². The summed E-state index contributed by atoms with van der Waals surface area (Å²) in [4.78, 5) is 23.0. The molecule has 6 heteroatoms. The van der Waals surface area contributed by atoms with Gasteiger partial charge >= 0.3 is 6.03 Å². The number of hydrogen-bond acceptors (Lipinski definition) is 3. The molecule has 92 valence electrons. The zero-order chi connectivity index (χ0) is 13.0. The van der Waals surface area contributed by atoms with Crippen LogP contribution < -0.4 is 10.6 Å². The maximum atomic E-state index is 11.5. The molecule has 5 nitrogen and oxygen atoms in total. The number of furan rings is 1. The molecule has 2 N–H and O–H groups in total. The Labute approximate surface area is 108 Å². The Morgan fingerprint density at radius 1 is 1.11 bits per heavy atom. The Bertz CT molecular complexity index is 566. The lowest BCUT2D eigenvalue weighted by molar-refractivity contribution is 0.0940. The lowest BCUT2D eigenvalue weighted by atomic mass is 10.3. The monoisotopic (exact) mass is 264 g/mol. The van der Waals surface area contributed by atoms with Crippen molar-refractivity contribution in [3.8, 4) is 0 Å². The number of benzene rings is 1. The van der Waals surface area contributed by atoms with Crippen molar-refractivity contribution in [1.82, 2.24) is 5.32 Å². The number of rotatable bonds is 2. The number of hydrogen-bond donors (Lipinski definition) is 2. The van der Waals surface area contributed by atoms with Crippen LogP contribution in [0.2, 0.25) is 5.02 Å². The van der Waals surface area contributed by atoms with E-state index in [1.165, 1.54) is 12.3 Å². The number of anilines is 1. The van der Waals surface area contributed by atoms with Gasteiger partial charge in [0.2, 0.25) is 0 Å². The fourth-order valence-corrected chi connectivity index (χ4v) is 1.47. The zero-order valence-electron chi connectivity index (χ0n) is 9.14. The van der Waals surface area contributed by atoms with E-state index >= 15 is 0 Å². The van der Waals surface area contributed by atoms with E-state index < -0.39 is 11.9 Å². The lowest BCUT2D eigenvalue weighted by Gasteiger charge is -2.06. The van der Waals surface area contributed by atoms with E-state index in [4.69, 9.17) is 16.0 Å². The quantitative estimate of drug-likeness (QED) is 0.876. The molecule has 0 aliphatic heterocycles. The summed E-state index contributed by atoms with van der Waals surface area (Å²) < 4.78 is 4.85. The second-order valence-corrected chi connectivity index (χ2v) is 3.77. The second kappa shape index (κ2) is 5.37. The van der Waals surface area contributed by atoms with Gasteiger partial charge in [-0.3, -0.25) is 10.1 Å². The molecule has 3 amide bonds. The Morgan fingerprint density at radius 2 is 1.89 bits per heavy atom. The van der Waals surface area contributed by atoms with Crippen LogP contribution in [-0.4, -0.2) is 11.9 Å². The maximum absolute atomic E-state index is 11.5. The highest BCUT2D eigenvalue weighted by molar-refractivity contribution is 6.33. The van der Waals surface area contributed by atoms with E-state index in [2.05, 4.69) is 10.6 Å². The van der Waals surface area contributed by atoms with Crippen LogP contribution in [0.15, 0.2) is 47.1 Å².